The fraction of sp³-hybridized carbons (Fsp3) is 0.300. The second-order valence-corrected chi connectivity index (χ2v) is 6.64. The summed E-state index contributed by atoms with van der Waals surface area (Å²) in [5.74, 6) is 6.37. The van der Waals surface area contributed by atoms with Gasteiger partial charge >= 0.3 is 8.25 Å². The quantitative estimate of drug-likeness (QED) is 0.482. The van der Waals surface area contributed by atoms with Crippen molar-refractivity contribution in [3.05, 3.63) is 71.8 Å². The minimum atomic E-state index is -2.87. The molecule has 6 heteroatoms. The highest BCUT2D eigenvalue weighted by atomic mass is 31.1. The lowest BCUT2D eigenvalue weighted by Gasteiger charge is -2.23. The van der Waals surface area contributed by atoms with Crippen LogP contribution in [-0.2, 0) is 10.2 Å². The molecule has 5 nitrogen and oxygen atoms in total. The number of benzene rings is 2. The third kappa shape index (κ3) is 6.03. The zero-order chi connectivity index (χ0) is 18.8. The first-order valence-electron chi connectivity index (χ1n) is 8.54. The van der Waals surface area contributed by atoms with Crippen LogP contribution in [0.3, 0.4) is 0 Å². The Labute approximate surface area is 154 Å². The molecule has 0 atom stereocenters. The number of nitrogens with one attached hydrogen (secondary N) is 1. The number of hydrogen-bond donors (Lipinski definition) is 4. The average molecular weight is 373 g/mol. The van der Waals surface area contributed by atoms with E-state index >= 15 is 0 Å². The van der Waals surface area contributed by atoms with Crippen LogP contribution in [0.1, 0.15) is 24.0 Å². The van der Waals surface area contributed by atoms with E-state index < -0.39 is 13.9 Å². The van der Waals surface area contributed by atoms with Crippen molar-refractivity contribution in [3.8, 4) is 11.8 Å². The maximum Gasteiger partial charge on any atom is 0.692 e. The van der Waals surface area contributed by atoms with Crippen LogP contribution in [-0.4, -0.2) is 34.5 Å². The molecule has 3 rings (SSSR count). The van der Waals surface area contributed by atoms with Crippen molar-refractivity contribution in [1.82, 2.24) is 0 Å². The third-order valence-electron chi connectivity index (χ3n) is 4.30. The molecule has 1 fully saturated rings. The lowest BCUT2D eigenvalue weighted by Crippen LogP contribution is -3.09. The molecule has 2 aromatic rings. The fourth-order valence-corrected chi connectivity index (χ4v) is 3.02. The Morgan fingerprint density at radius 3 is 1.77 bits per heavy atom. The van der Waals surface area contributed by atoms with Gasteiger partial charge in [0.05, 0.1) is 13.1 Å². The molecule has 2 aromatic carbocycles. The van der Waals surface area contributed by atoms with Gasteiger partial charge in [0, 0.05) is 28.5 Å². The van der Waals surface area contributed by atoms with Crippen LogP contribution in [0.2, 0.25) is 0 Å². The Hall–Kier alpha value is -2.06. The number of rotatable bonds is 3. The summed E-state index contributed by atoms with van der Waals surface area (Å²) in [6.45, 7) is 3.20. The van der Waals surface area contributed by atoms with Crippen LogP contribution in [0, 0.1) is 11.8 Å². The molecule has 4 N–H and O–H groups in total. The van der Waals surface area contributed by atoms with Crippen LogP contribution in [0.25, 0.3) is 0 Å². The van der Waals surface area contributed by atoms with Crippen LogP contribution in [0.4, 0.5) is 0 Å². The van der Waals surface area contributed by atoms with Crippen molar-refractivity contribution in [3.63, 3.8) is 0 Å². The molecule has 0 bridgehead atoms. The average Bonchev–Trinajstić information content (AvgIpc) is 3.16. The molecule has 0 saturated carbocycles. The van der Waals surface area contributed by atoms with Gasteiger partial charge in [-0.15, -0.1) is 9.79 Å². The molecule has 1 aliphatic heterocycles. The van der Waals surface area contributed by atoms with Crippen LogP contribution in [0.5, 0.6) is 0 Å². The van der Waals surface area contributed by atoms with Gasteiger partial charge in [-0.2, -0.15) is 0 Å². The molecule has 0 spiro atoms. The molecule has 1 aliphatic rings. The first kappa shape index (κ1) is 20.3. The molecule has 26 heavy (non-hydrogen) atoms. The second kappa shape index (κ2) is 10.2. The van der Waals surface area contributed by atoms with Gasteiger partial charge < -0.3 is 10.0 Å². The summed E-state index contributed by atoms with van der Waals surface area (Å²) < 4.78 is 8.70. The first-order valence-corrected chi connectivity index (χ1v) is 9.71. The summed E-state index contributed by atoms with van der Waals surface area (Å²) in [7, 11) is -2.87. The predicted molar refractivity (Wildman–Crippen MR) is 101 cm³/mol. The van der Waals surface area contributed by atoms with Gasteiger partial charge in [0.1, 0.15) is 6.54 Å². The normalized spacial score (nSPS) is 14.0. The topological polar surface area (TPSA) is 82.2 Å². The zero-order valence-corrected chi connectivity index (χ0v) is 15.4. The van der Waals surface area contributed by atoms with Crippen molar-refractivity contribution >= 4 is 8.25 Å². The smallest absolute Gasteiger partial charge is 0.369 e. The van der Waals surface area contributed by atoms with E-state index in [9.17, 15) is 5.11 Å². The van der Waals surface area contributed by atoms with Crippen molar-refractivity contribution in [2.45, 2.75) is 18.4 Å². The molecule has 0 aromatic heterocycles. The van der Waals surface area contributed by atoms with Crippen LogP contribution >= 0.6 is 8.25 Å². The molecule has 1 heterocycles. The minimum absolute atomic E-state index is 0.808. The van der Waals surface area contributed by atoms with Gasteiger partial charge in [-0.3, -0.25) is 0 Å². The van der Waals surface area contributed by atoms with E-state index in [2.05, 4.69) is 11.8 Å². The lowest BCUT2D eigenvalue weighted by molar-refractivity contribution is -0.879. The minimum Gasteiger partial charge on any atom is -0.369 e. The largest absolute Gasteiger partial charge is 0.692 e. The highest BCUT2D eigenvalue weighted by Crippen LogP contribution is 2.28. The number of aliphatic hydroxyl groups is 1. The summed E-state index contributed by atoms with van der Waals surface area (Å²) >= 11 is 0. The van der Waals surface area contributed by atoms with E-state index in [4.69, 9.17) is 14.4 Å². The highest BCUT2D eigenvalue weighted by Gasteiger charge is 2.29. The number of hydrogen-bond acceptors (Lipinski definition) is 2. The summed E-state index contributed by atoms with van der Waals surface area (Å²) in [6.07, 6.45) is 2.58. The Kier molecular flexibility index (Phi) is 7.93. The monoisotopic (exact) mass is 373 g/mol. The van der Waals surface area contributed by atoms with Gasteiger partial charge in [-0.05, 0) is 5.92 Å². The van der Waals surface area contributed by atoms with Crippen molar-refractivity contribution in [2.75, 3.05) is 19.6 Å². The fourth-order valence-electron chi connectivity index (χ4n) is 3.02. The van der Waals surface area contributed by atoms with Crippen molar-refractivity contribution in [1.29, 1.82) is 0 Å². The van der Waals surface area contributed by atoms with Crippen LogP contribution in [0.15, 0.2) is 60.7 Å². The molecule has 0 radical (unpaired) electrons. The lowest BCUT2D eigenvalue weighted by atomic mass is 9.87. The summed E-state index contributed by atoms with van der Waals surface area (Å²) in [6, 6.07) is 19.4. The summed E-state index contributed by atoms with van der Waals surface area (Å²) in [5.41, 5.74) is 0.414. The molecule has 0 aliphatic carbocycles. The molecular weight excluding hydrogens is 349 g/mol. The van der Waals surface area contributed by atoms with E-state index in [0.29, 0.717) is 0 Å². The van der Waals surface area contributed by atoms with Crippen molar-refractivity contribution in [2.24, 2.45) is 0 Å². The summed E-state index contributed by atoms with van der Waals surface area (Å²) in [4.78, 5) is 15.8. The molecule has 1 saturated heterocycles. The maximum absolute atomic E-state index is 11.2. The van der Waals surface area contributed by atoms with E-state index in [-0.39, 0.29) is 0 Å². The number of likely N-dealkylation sites (tertiary alicyclic amines) is 1. The SMILES string of the molecule is O=[P+](O)O.OC(C#CC[NH+]1CCCC1)(c1ccccc1)c1ccccc1. The Balaban J connectivity index is 0.000000552. The van der Waals surface area contributed by atoms with Gasteiger partial charge in [0.15, 0.2) is 5.60 Å². The Morgan fingerprint density at radius 2 is 1.35 bits per heavy atom. The first-order chi connectivity index (χ1) is 12.5. The third-order valence-corrected chi connectivity index (χ3v) is 4.30. The maximum atomic E-state index is 11.2. The highest BCUT2D eigenvalue weighted by molar-refractivity contribution is 7.30. The standard InChI is InChI=1S/C20H21NO.HO3P/c22-20(18-10-3-1-4-11-18,19-12-5-2-6-13-19)14-9-17-21-15-7-8-16-21;1-4(2)3/h1-6,10-13,22H,7-8,15-17H2;(H-,1,2,3)/p+2. The number of quaternary nitrogens is 1. The molecule has 0 amide bonds. The second-order valence-electron chi connectivity index (χ2n) is 6.13. The van der Waals surface area contributed by atoms with E-state index in [1.807, 2.05) is 60.7 Å². The van der Waals surface area contributed by atoms with Crippen LogP contribution < -0.4 is 4.90 Å². The van der Waals surface area contributed by atoms with Gasteiger partial charge in [-0.25, -0.2) is 0 Å². The molecule has 0 unspecified atom stereocenters. The van der Waals surface area contributed by atoms with Gasteiger partial charge in [0.2, 0.25) is 0 Å². The Bertz CT molecular complexity index is 706. The van der Waals surface area contributed by atoms with E-state index in [1.54, 1.807) is 0 Å². The molecular formula is C20H24NO4P+2. The van der Waals surface area contributed by atoms with Crippen molar-refractivity contribution < 1.29 is 24.4 Å². The summed E-state index contributed by atoms with van der Waals surface area (Å²) in [5, 5.41) is 11.2. The van der Waals surface area contributed by atoms with E-state index in [1.165, 1.54) is 30.8 Å². The van der Waals surface area contributed by atoms with E-state index in [0.717, 1.165) is 17.7 Å². The Morgan fingerprint density at radius 1 is 0.923 bits per heavy atom. The zero-order valence-electron chi connectivity index (χ0n) is 14.5. The van der Waals surface area contributed by atoms with Gasteiger partial charge in [0.25, 0.3) is 0 Å². The predicted octanol–water partition coefficient (Wildman–Crippen LogP) is 1.23. The van der Waals surface area contributed by atoms with Gasteiger partial charge in [-0.1, -0.05) is 66.6 Å². The molecule has 136 valence electrons.